The van der Waals surface area contributed by atoms with Gasteiger partial charge in [0.2, 0.25) is 0 Å². The summed E-state index contributed by atoms with van der Waals surface area (Å²) in [6.07, 6.45) is 3.52. The molecule has 2 aromatic carbocycles. The van der Waals surface area contributed by atoms with Gasteiger partial charge in [0.25, 0.3) is 5.91 Å². The summed E-state index contributed by atoms with van der Waals surface area (Å²) in [4.78, 5) is 23.0. The van der Waals surface area contributed by atoms with Crippen LogP contribution in [0.4, 0.5) is 0 Å². The average molecular weight is 437 g/mol. The van der Waals surface area contributed by atoms with Crippen molar-refractivity contribution in [2.75, 3.05) is 13.1 Å². The Hall–Kier alpha value is -3.97. The summed E-state index contributed by atoms with van der Waals surface area (Å²) < 4.78 is 0. The predicted molar refractivity (Wildman–Crippen MR) is 130 cm³/mol. The second kappa shape index (κ2) is 7.86. The van der Waals surface area contributed by atoms with Crippen LogP contribution in [0.25, 0.3) is 44.3 Å². The average Bonchev–Trinajstić information content (AvgIpc) is 3.48. The standard InChI is InChI=1S/C26H24N6O/c27-20-8-10-32(11-9-20)26(33)24-21-13-17(6-7-22(21)30-31-24)19-12-18-14-23(29-25(18)28-15-19)16-4-2-1-3-5-16/h1-7,12-15,20H,8-11,27H2,(H,28,29)(H,30,31). The number of carbonyl (C=O) groups excluding carboxylic acids is 1. The number of piperidine rings is 1. The first kappa shape index (κ1) is 19.7. The highest BCUT2D eigenvalue weighted by Gasteiger charge is 2.25. The van der Waals surface area contributed by atoms with Gasteiger partial charge in [-0.25, -0.2) is 4.98 Å². The van der Waals surface area contributed by atoms with E-state index in [-0.39, 0.29) is 11.9 Å². The molecule has 33 heavy (non-hydrogen) atoms. The van der Waals surface area contributed by atoms with Crippen LogP contribution in [0.3, 0.4) is 0 Å². The van der Waals surface area contributed by atoms with Gasteiger partial charge in [0, 0.05) is 47.4 Å². The molecule has 5 aromatic rings. The largest absolute Gasteiger partial charge is 0.339 e. The summed E-state index contributed by atoms with van der Waals surface area (Å²) in [6, 6.07) is 20.7. The van der Waals surface area contributed by atoms with E-state index in [1.54, 1.807) is 0 Å². The Morgan fingerprint density at radius 1 is 0.970 bits per heavy atom. The topological polar surface area (TPSA) is 104 Å². The van der Waals surface area contributed by atoms with E-state index in [2.05, 4.69) is 44.4 Å². The van der Waals surface area contributed by atoms with Crippen LogP contribution in [0.2, 0.25) is 0 Å². The number of H-pyrrole nitrogens is 2. The number of likely N-dealkylation sites (tertiary alicyclic amines) is 1. The smallest absolute Gasteiger partial charge is 0.274 e. The number of nitrogens with one attached hydrogen (secondary N) is 2. The summed E-state index contributed by atoms with van der Waals surface area (Å²) in [5.41, 5.74) is 12.3. The molecule has 1 aliphatic rings. The number of fused-ring (bicyclic) bond motifs is 2. The molecule has 1 amide bonds. The first-order valence-corrected chi connectivity index (χ1v) is 11.2. The van der Waals surface area contributed by atoms with Crippen LogP contribution in [0, 0.1) is 0 Å². The van der Waals surface area contributed by atoms with Gasteiger partial charge in [0.05, 0.1) is 5.52 Å². The number of aromatic nitrogens is 4. The third kappa shape index (κ3) is 3.56. The van der Waals surface area contributed by atoms with Crippen molar-refractivity contribution in [2.24, 2.45) is 5.73 Å². The van der Waals surface area contributed by atoms with Crippen molar-refractivity contribution >= 4 is 27.8 Å². The highest BCUT2D eigenvalue weighted by atomic mass is 16.2. The molecule has 0 spiro atoms. The minimum absolute atomic E-state index is 0.0444. The van der Waals surface area contributed by atoms with E-state index in [4.69, 9.17) is 5.73 Å². The van der Waals surface area contributed by atoms with Crippen LogP contribution in [0.15, 0.2) is 66.9 Å². The number of benzene rings is 2. The Morgan fingerprint density at radius 3 is 2.61 bits per heavy atom. The fourth-order valence-electron chi connectivity index (χ4n) is 4.56. The first-order valence-electron chi connectivity index (χ1n) is 11.2. The maximum atomic E-state index is 13.1. The molecule has 1 fully saturated rings. The third-order valence-corrected chi connectivity index (χ3v) is 6.48. The number of nitrogens with zero attached hydrogens (tertiary/aromatic N) is 3. The van der Waals surface area contributed by atoms with Crippen LogP contribution in [0.5, 0.6) is 0 Å². The lowest BCUT2D eigenvalue weighted by molar-refractivity contribution is 0.0710. The van der Waals surface area contributed by atoms with Crippen molar-refractivity contribution in [3.63, 3.8) is 0 Å². The lowest BCUT2D eigenvalue weighted by Gasteiger charge is -2.29. The number of hydrogen-bond donors (Lipinski definition) is 3. The molecular weight excluding hydrogens is 412 g/mol. The van der Waals surface area contributed by atoms with E-state index in [9.17, 15) is 4.79 Å². The molecule has 0 saturated carbocycles. The Labute approximate surface area is 190 Å². The molecule has 164 valence electrons. The van der Waals surface area contributed by atoms with Crippen molar-refractivity contribution in [3.8, 4) is 22.4 Å². The molecule has 6 rings (SSSR count). The molecule has 4 N–H and O–H groups in total. The molecule has 0 atom stereocenters. The Kier molecular flexibility index (Phi) is 4.69. The van der Waals surface area contributed by atoms with Crippen LogP contribution in [-0.2, 0) is 0 Å². The lowest BCUT2D eigenvalue weighted by atomic mass is 10.0. The van der Waals surface area contributed by atoms with Crippen LogP contribution in [-0.4, -0.2) is 50.1 Å². The number of amides is 1. The molecular formula is C26H24N6O. The Bertz CT molecular complexity index is 1460. The summed E-state index contributed by atoms with van der Waals surface area (Å²) >= 11 is 0. The van der Waals surface area contributed by atoms with Crippen molar-refractivity contribution in [3.05, 3.63) is 72.6 Å². The van der Waals surface area contributed by atoms with Crippen LogP contribution in [0.1, 0.15) is 23.3 Å². The van der Waals surface area contributed by atoms with Crippen LogP contribution < -0.4 is 5.73 Å². The first-order chi connectivity index (χ1) is 16.2. The molecule has 4 heterocycles. The maximum absolute atomic E-state index is 13.1. The normalized spacial score (nSPS) is 14.9. The molecule has 0 unspecified atom stereocenters. The predicted octanol–water partition coefficient (Wildman–Crippen LogP) is 4.34. The summed E-state index contributed by atoms with van der Waals surface area (Å²) in [5.74, 6) is -0.0444. The Balaban J connectivity index is 1.35. The minimum Gasteiger partial charge on any atom is -0.339 e. The fourth-order valence-corrected chi connectivity index (χ4v) is 4.56. The molecule has 7 heteroatoms. The zero-order valence-corrected chi connectivity index (χ0v) is 18.1. The molecule has 0 bridgehead atoms. The van der Waals surface area contributed by atoms with Gasteiger partial charge in [-0.05, 0) is 48.2 Å². The van der Waals surface area contributed by atoms with Gasteiger partial charge in [0.1, 0.15) is 5.65 Å². The van der Waals surface area contributed by atoms with E-state index in [0.29, 0.717) is 18.8 Å². The van der Waals surface area contributed by atoms with Crippen molar-refractivity contribution in [1.29, 1.82) is 0 Å². The van der Waals surface area contributed by atoms with E-state index >= 15 is 0 Å². The molecule has 1 aliphatic heterocycles. The van der Waals surface area contributed by atoms with Crippen LogP contribution >= 0.6 is 0 Å². The van der Waals surface area contributed by atoms with E-state index < -0.39 is 0 Å². The molecule has 0 aliphatic carbocycles. The van der Waals surface area contributed by atoms with Crippen molar-refractivity contribution in [2.45, 2.75) is 18.9 Å². The number of rotatable bonds is 3. The van der Waals surface area contributed by atoms with Crippen molar-refractivity contribution in [1.82, 2.24) is 25.1 Å². The molecule has 3 aromatic heterocycles. The van der Waals surface area contributed by atoms with Gasteiger partial charge < -0.3 is 15.6 Å². The van der Waals surface area contributed by atoms with E-state index in [1.165, 1.54) is 0 Å². The zero-order chi connectivity index (χ0) is 22.4. The number of pyridine rings is 1. The number of aromatic amines is 2. The maximum Gasteiger partial charge on any atom is 0.274 e. The summed E-state index contributed by atoms with van der Waals surface area (Å²) in [7, 11) is 0. The minimum atomic E-state index is -0.0444. The highest BCUT2D eigenvalue weighted by Crippen LogP contribution is 2.30. The summed E-state index contributed by atoms with van der Waals surface area (Å²) in [6.45, 7) is 1.34. The van der Waals surface area contributed by atoms with Gasteiger partial charge >= 0.3 is 0 Å². The quantitative estimate of drug-likeness (QED) is 0.391. The number of carbonyl (C=O) groups is 1. The molecule has 1 saturated heterocycles. The van der Waals surface area contributed by atoms with E-state index in [1.807, 2.05) is 47.5 Å². The second-order valence-corrected chi connectivity index (χ2v) is 8.67. The molecule has 0 radical (unpaired) electrons. The zero-order valence-electron chi connectivity index (χ0n) is 18.1. The fraction of sp³-hybridized carbons (Fsp3) is 0.192. The monoisotopic (exact) mass is 436 g/mol. The van der Waals surface area contributed by atoms with Gasteiger partial charge in [-0.15, -0.1) is 0 Å². The Morgan fingerprint density at radius 2 is 1.79 bits per heavy atom. The second-order valence-electron chi connectivity index (χ2n) is 8.67. The number of hydrogen-bond acceptors (Lipinski definition) is 4. The lowest BCUT2D eigenvalue weighted by Crippen LogP contribution is -2.43. The van der Waals surface area contributed by atoms with Gasteiger partial charge in [-0.1, -0.05) is 36.4 Å². The SMILES string of the molecule is NC1CCN(C(=O)c2n[nH]c3ccc(-c4cnc5[nH]c(-c6ccccc6)cc5c4)cc23)CC1. The highest BCUT2D eigenvalue weighted by molar-refractivity contribution is 6.05. The third-order valence-electron chi connectivity index (χ3n) is 6.48. The van der Waals surface area contributed by atoms with Crippen molar-refractivity contribution < 1.29 is 4.79 Å². The molecule has 7 nitrogen and oxygen atoms in total. The van der Waals surface area contributed by atoms with Gasteiger partial charge in [-0.2, -0.15) is 5.10 Å². The van der Waals surface area contributed by atoms with E-state index in [0.717, 1.165) is 57.2 Å². The summed E-state index contributed by atoms with van der Waals surface area (Å²) in [5, 5.41) is 9.21. The van der Waals surface area contributed by atoms with Gasteiger partial charge in [0.15, 0.2) is 5.69 Å². The van der Waals surface area contributed by atoms with Gasteiger partial charge in [-0.3, -0.25) is 9.89 Å². The number of nitrogens with two attached hydrogens (primary N) is 1.